The molecular formula is C13H19NO2. The second kappa shape index (κ2) is 5.32. The number of benzene rings is 1. The van der Waals surface area contributed by atoms with Crippen LogP contribution in [0.3, 0.4) is 0 Å². The average molecular weight is 221 g/mol. The Bertz CT molecular complexity index is 346. The van der Waals surface area contributed by atoms with Crippen molar-refractivity contribution in [1.29, 1.82) is 0 Å². The van der Waals surface area contributed by atoms with Gasteiger partial charge in [-0.25, -0.2) is 0 Å². The normalized spacial score (nSPS) is 20.0. The van der Waals surface area contributed by atoms with E-state index >= 15 is 0 Å². The molecule has 2 rings (SSSR count). The molecule has 3 heteroatoms. The van der Waals surface area contributed by atoms with Gasteiger partial charge in [0.2, 0.25) is 0 Å². The van der Waals surface area contributed by atoms with Crippen molar-refractivity contribution in [3.05, 3.63) is 29.3 Å². The molecule has 0 radical (unpaired) electrons. The lowest BCUT2D eigenvalue weighted by Crippen LogP contribution is -2.14. The first-order valence-corrected chi connectivity index (χ1v) is 5.74. The van der Waals surface area contributed by atoms with Crippen LogP contribution >= 0.6 is 0 Å². The third-order valence-corrected chi connectivity index (χ3v) is 3.04. The van der Waals surface area contributed by atoms with E-state index < -0.39 is 0 Å². The van der Waals surface area contributed by atoms with Crippen LogP contribution in [0.1, 0.15) is 30.0 Å². The smallest absolute Gasteiger partial charge is 0.123 e. The van der Waals surface area contributed by atoms with Gasteiger partial charge in [0.25, 0.3) is 0 Å². The summed E-state index contributed by atoms with van der Waals surface area (Å²) in [6.45, 7) is 1.76. The largest absolute Gasteiger partial charge is 0.496 e. The third-order valence-electron chi connectivity index (χ3n) is 3.04. The summed E-state index contributed by atoms with van der Waals surface area (Å²) in [5.41, 5.74) is 2.46. The topological polar surface area (TPSA) is 30.5 Å². The second-order valence-corrected chi connectivity index (χ2v) is 4.16. The summed E-state index contributed by atoms with van der Waals surface area (Å²) < 4.78 is 10.6. The van der Waals surface area contributed by atoms with Crippen LogP contribution in [0.2, 0.25) is 0 Å². The van der Waals surface area contributed by atoms with Gasteiger partial charge >= 0.3 is 0 Å². The van der Waals surface area contributed by atoms with E-state index in [1.165, 1.54) is 24.0 Å². The lowest BCUT2D eigenvalue weighted by molar-refractivity contribution is 0.184. The fourth-order valence-corrected chi connectivity index (χ4v) is 2.26. The minimum Gasteiger partial charge on any atom is -0.496 e. The van der Waals surface area contributed by atoms with Crippen molar-refractivity contribution in [3.63, 3.8) is 0 Å². The van der Waals surface area contributed by atoms with Crippen LogP contribution in [0, 0.1) is 0 Å². The predicted molar refractivity (Wildman–Crippen MR) is 63.7 cm³/mol. The predicted octanol–water partition coefficient (Wildman–Crippen LogP) is 2.27. The van der Waals surface area contributed by atoms with Crippen molar-refractivity contribution >= 4 is 0 Å². The summed E-state index contributed by atoms with van der Waals surface area (Å²) in [5.74, 6) is 0.972. The Balaban J connectivity index is 2.27. The first-order valence-electron chi connectivity index (χ1n) is 5.74. The lowest BCUT2D eigenvalue weighted by Gasteiger charge is -2.16. The first-order chi connectivity index (χ1) is 7.85. The zero-order valence-corrected chi connectivity index (χ0v) is 9.95. The van der Waals surface area contributed by atoms with E-state index in [0.29, 0.717) is 12.6 Å². The first kappa shape index (κ1) is 11.4. The SMILES string of the molecule is COCc1ccc(OC)c(C2CCCN2)c1. The molecule has 1 heterocycles. The molecule has 0 aromatic heterocycles. The molecular weight excluding hydrogens is 202 g/mol. The Labute approximate surface area is 96.8 Å². The molecule has 0 aliphatic carbocycles. The molecule has 1 N–H and O–H groups in total. The van der Waals surface area contributed by atoms with Crippen LogP contribution in [0.25, 0.3) is 0 Å². The molecule has 1 aliphatic heterocycles. The summed E-state index contributed by atoms with van der Waals surface area (Å²) in [7, 11) is 3.45. The van der Waals surface area contributed by atoms with Crippen molar-refractivity contribution in [2.75, 3.05) is 20.8 Å². The molecule has 3 nitrogen and oxygen atoms in total. The highest BCUT2D eigenvalue weighted by atomic mass is 16.5. The maximum absolute atomic E-state index is 5.41. The summed E-state index contributed by atoms with van der Waals surface area (Å²) >= 11 is 0. The Morgan fingerprint density at radius 2 is 2.25 bits per heavy atom. The maximum atomic E-state index is 5.41. The molecule has 1 aromatic carbocycles. The minimum atomic E-state index is 0.437. The molecule has 0 saturated carbocycles. The van der Waals surface area contributed by atoms with E-state index in [1.807, 2.05) is 6.07 Å². The van der Waals surface area contributed by atoms with Gasteiger partial charge in [-0.3, -0.25) is 0 Å². The van der Waals surface area contributed by atoms with Crippen molar-refractivity contribution in [3.8, 4) is 5.75 Å². The number of methoxy groups -OCH3 is 2. The molecule has 0 amide bonds. The van der Waals surface area contributed by atoms with Crippen LogP contribution in [0.4, 0.5) is 0 Å². The second-order valence-electron chi connectivity index (χ2n) is 4.16. The van der Waals surface area contributed by atoms with Crippen molar-refractivity contribution in [1.82, 2.24) is 5.32 Å². The minimum absolute atomic E-state index is 0.437. The highest BCUT2D eigenvalue weighted by Gasteiger charge is 2.20. The summed E-state index contributed by atoms with van der Waals surface area (Å²) in [6, 6.07) is 6.71. The van der Waals surface area contributed by atoms with Gasteiger partial charge in [0.15, 0.2) is 0 Å². The third kappa shape index (κ3) is 2.36. The highest BCUT2D eigenvalue weighted by Crippen LogP contribution is 2.31. The van der Waals surface area contributed by atoms with Gasteiger partial charge in [0.05, 0.1) is 13.7 Å². The Morgan fingerprint density at radius 1 is 1.38 bits per heavy atom. The monoisotopic (exact) mass is 221 g/mol. The summed E-state index contributed by atoms with van der Waals surface area (Å²) in [4.78, 5) is 0. The van der Waals surface area contributed by atoms with Crippen LogP contribution < -0.4 is 10.1 Å². The molecule has 1 aliphatic rings. The quantitative estimate of drug-likeness (QED) is 0.846. The van der Waals surface area contributed by atoms with Gasteiger partial charge in [-0.1, -0.05) is 6.07 Å². The van der Waals surface area contributed by atoms with E-state index in [1.54, 1.807) is 14.2 Å². The molecule has 1 atom stereocenters. The van der Waals surface area contributed by atoms with Gasteiger partial charge in [0.1, 0.15) is 5.75 Å². The highest BCUT2D eigenvalue weighted by molar-refractivity contribution is 5.39. The average Bonchev–Trinajstić information content (AvgIpc) is 2.83. The molecule has 1 aromatic rings. The number of nitrogens with one attached hydrogen (secondary N) is 1. The van der Waals surface area contributed by atoms with Crippen molar-refractivity contribution < 1.29 is 9.47 Å². The van der Waals surface area contributed by atoms with Gasteiger partial charge in [-0.05, 0) is 37.1 Å². The molecule has 1 unspecified atom stereocenters. The fraction of sp³-hybridized carbons (Fsp3) is 0.538. The summed E-state index contributed by atoms with van der Waals surface area (Å²) in [6.07, 6.45) is 2.43. The fourth-order valence-electron chi connectivity index (χ4n) is 2.26. The zero-order valence-electron chi connectivity index (χ0n) is 9.95. The number of hydrogen-bond acceptors (Lipinski definition) is 3. The molecule has 0 bridgehead atoms. The lowest BCUT2D eigenvalue weighted by atomic mass is 10.0. The maximum Gasteiger partial charge on any atom is 0.123 e. The Hall–Kier alpha value is -1.06. The molecule has 88 valence electrons. The van der Waals surface area contributed by atoms with E-state index in [9.17, 15) is 0 Å². The Morgan fingerprint density at radius 3 is 2.88 bits per heavy atom. The number of hydrogen-bond donors (Lipinski definition) is 1. The van der Waals surface area contributed by atoms with Gasteiger partial charge < -0.3 is 14.8 Å². The van der Waals surface area contributed by atoms with Gasteiger partial charge in [0, 0.05) is 18.7 Å². The van der Waals surface area contributed by atoms with Crippen LogP contribution in [0.5, 0.6) is 5.75 Å². The summed E-state index contributed by atoms with van der Waals surface area (Å²) in [5, 5.41) is 3.50. The molecule has 1 saturated heterocycles. The molecule has 0 spiro atoms. The van der Waals surface area contributed by atoms with E-state index in [2.05, 4.69) is 17.4 Å². The Kier molecular flexibility index (Phi) is 3.80. The van der Waals surface area contributed by atoms with Gasteiger partial charge in [-0.15, -0.1) is 0 Å². The van der Waals surface area contributed by atoms with E-state index in [-0.39, 0.29) is 0 Å². The van der Waals surface area contributed by atoms with E-state index in [4.69, 9.17) is 9.47 Å². The van der Waals surface area contributed by atoms with Crippen molar-refractivity contribution in [2.45, 2.75) is 25.5 Å². The van der Waals surface area contributed by atoms with Crippen molar-refractivity contribution in [2.24, 2.45) is 0 Å². The molecule has 16 heavy (non-hydrogen) atoms. The van der Waals surface area contributed by atoms with Gasteiger partial charge in [-0.2, -0.15) is 0 Å². The van der Waals surface area contributed by atoms with Crippen LogP contribution in [-0.2, 0) is 11.3 Å². The van der Waals surface area contributed by atoms with Crippen LogP contribution in [-0.4, -0.2) is 20.8 Å². The number of ether oxygens (including phenoxy) is 2. The van der Waals surface area contributed by atoms with Crippen LogP contribution in [0.15, 0.2) is 18.2 Å². The zero-order chi connectivity index (χ0) is 11.4. The van der Waals surface area contributed by atoms with E-state index in [0.717, 1.165) is 12.3 Å². The number of rotatable bonds is 4. The molecule has 1 fully saturated rings. The standard InChI is InChI=1S/C13H19NO2/c1-15-9-10-5-6-13(16-2)11(8-10)12-4-3-7-14-12/h5-6,8,12,14H,3-4,7,9H2,1-2H3.